The Hall–Kier alpha value is -0.890. The molecule has 0 aliphatic heterocycles. The third-order valence-electron chi connectivity index (χ3n) is 3.00. The van der Waals surface area contributed by atoms with E-state index in [-0.39, 0.29) is 0 Å². The summed E-state index contributed by atoms with van der Waals surface area (Å²) in [6.45, 7) is 1.06. The van der Waals surface area contributed by atoms with Gasteiger partial charge in [-0.3, -0.25) is 4.40 Å². The highest BCUT2D eigenvalue weighted by molar-refractivity contribution is 9.11. The highest BCUT2D eigenvalue weighted by Gasteiger charge is 2.10. The average Bonchev–Trinajstić information content (AvgIpc) is 2.98. The molecule has 1 aromatic carbocycles. The summed E-state index contributed by atoms with van der Waals surface area (Å²) in [5, 5.41) is 2.01. The Morgan fingerprint density at radius 1 is 1.29 bits per heavy atom. The molecule has 2 heterocycles. The lowest BCUT2D eigenvalue weighted by atomic mass is 10.1. The monoisotopic (exact) mass is 429 g/mol. The van der Waals surface area contributed by atoms with E-state index < -0.39 is 0 Å². The van der Waals surface area contributed by atoms with E-state index in [0.29, 0.717) is 13.2 Å². The zero-order valence-corrected chi connectivity index (χ0v) is 15.0. The summed E-state index contributed by atoms with van der Waals surface area (Å²) in [6.07, 6.45) is 4.81. The number of ether oxygens (including phenoxy) is 1. The molecule has 0 bridgehead atoms. The molecule has 110 valence electrons. The van der Waals surface area contributed by atoms with E-state index in [4.69, 9.17) is 10.5 Å². The van der Waals surface area contributed by atoms with Gasteiger partial charge < -0.3 is 10.5 Å². The number of benzene rings is 1. The van der Waals surface area contributed by atoms with E-state index in [1.165, 1.54) is 5.56 Å². The van der Waals surface area contributed by atoms with Crippen LogP contribution in [0.3, 0.4) is 0 Å². The summed E-state index contributed by atoms with van der Waals surface area (Å²) in [5.74, 6) is 0.784. The fourth-order valence-electron chi connectivity index (χ4n) is 2.05. The van der Waals surface area contributed by atoms with Crippen molar-refractivity contribution >= 4 is 48.2 Å². The van der Waals surface area contributed by atoms with E-state index in [1.807, 2.05) is 34.3 Å². The molecule has 0 fully saturated rings. The predicted octanol–water partition coefficient (Wildman–Crippen LogP) is 4.00. The number of fused-ring (bicyclic) bond motifs is 1. The summed E-state index contributed by atoms with van der Waals surface area (Å²) in [4.78, 5) is 5.48. The van der Waals surface area contributed by atoms with Crippen molar-refractivity contribution in [1.82, 2.24) is 9.38 Å². The minimum atomic E-state index is 0.432. The van der Waals surface area contributed by atoms with Crippen molar-refractivity contribution in [2.24, 2.45) is 5.73 Å². The van der Waals surface area contributed by atoms with Gasteiger partial charge in [0, 0.05) is 17.8 Å². The molecule has 2 aromatic heterocycles. The molecule has 0 aliphatic carbocycles. The molecule has 0 saturated carbocycles. The zero-order valence-electron chi connectivity index (χ0n) is 11.1. The van der Waals surface area contributed by atoms with Crippen molar-refractivity contribution < 1.29 is 4.74 Å². The first-order valence-corrected chi connectivity index (χ1v) is 8.86. The summed E-state index contributed by atoms with van der Waals surface area (Å²) in [7, 11) is 0. The van der Waals surface area contributed by atoms with Crippen LogP contribution in [-0.2, 0) is 13.0 Å². The van der Waals surface area contributed by atoms with Crippen LogP contribution in [0.2, 0.25) is 0 Å². The molecule has 0 atom stereocenters. The van der Waals surface area contributed by atoms with Crippen LogP contribution in [0.25, 0.3) is 4.96 Å². The maximum atomic E-state index is 5.89. The van der Waals surface area contributed by atoms with Gasteiger partial charge in [0.2, 0.25) is 0 Å². The van der Waals surface area contributed by atoms with Gasteiger partial charge in [-0.1, -0.05) is 0 Å². The van der Waals surface area contributed by atoms with Gasteiger partial charge in [-0.05, 0) is 62.5 Å². The van der Waals surface area contributed by atoms with Crippen molar-refractivity contribution in [3.8, 4) is 5.75 Å². The molecule has 0 spiro atoms. The van der Waals surface area contributed by atoms with Gasteiger partial charge in [0.25, 0.3) is 0 Å². The SMILES string of the molecule is NCCc1cc(Br)c(OCc2cn3ccsc3n2)c(Br)c1. The third kappa shape index (κ3) is 3.31. The van der Waals surface area contributed by atoms with Gasteiger partial charge in [-0.25, -0.2) is 4.98 Å². The van der Waals surface area contributed by atoms with E-state index in [0.717, 1.165) is 31.8 Å². The molecular formula is C14H13Br2N3OS. The second kappa shape index (κ2) is 6.48. The summed E-state index contributed by atoms with van der Waals surface area (Å²) in [5.41, 5.74) is 7.67. The predicted molar refractivity (Wildman–Crippen MR) is 92.0 cm³/mol. The normalized spacial score (nSPS) is 11.2. The summed E-state index contributed by atoms with van der Waals surface area (Å²) >= 11 is 8.71. The fraction of sp³-hybridized carbons (Fsp3) is 0.214. The molecule has 0 aliphatic rings. The summed E-state index contributed by atoms with van der Waals surface area (Å²) < 4.78 is 9.72. The Kier molecular flexibility index (Phi) is 4.63. The Morgan fingerprint density at radius 2 is 2.05 bits per heavy atom. The first-order chi connectivity index (χ1) is 10.2. The van der Waals surface area contributed by atoms with Gasteiger partial charge in [-0.15, -0.1) is 11.3 Å². The second-order valence-electron chi connectivity index (χ2n) is 4.54. The van der Waals surface area contributed by atoms with Gasteiger partial charge in [0.15, 0.2) is 4.96 Å². The molecule has 0 amide bonds. The highest BCUT2D eigenvalue weighted by Crippen LogP contribution is 2.35. The lowest BCUT2D eigenvalue weighted by Crippen LogP contribution is -2.03. The molecule has 0 unspecified atom stereocenters. The van der Waals surface area contributed by atoms with E-state index in [1.54, 1.807) is 11.3 Å². The Labute approximate surface area is 143 Å². The van der Waals surface area contributed by atoms with E-state index in [2.05, 4.69) is 36.8 Å². The van der Waals surface area contributed by atoms with E-state index >= 15 is 0 Å². The van der Waals surface area contributed by atoms with Crippen LogP contribution in [0.4, 0.5) is 0 Å². The van der Waals surface area contributed by atoms with Gasteiger partial charge in [0.05, 0.1) is 14.6 Å². The summed E-state index contributed by atoms with van der Waals surface area (Å²) in [6, 6.07) is 4.08. The molecule has 7 heteroatoms. The standard InChI is InChI=1S/C14H13Br2N3OS/c15-11-5-9(1-2-17)6-12(16)13(11)20-8-10-7-19-3-4-21-14(19)18-10/h3-7H,1-2,8,17H2. The van der Waals surface area contributed by atoms with Crippen LogP contribution < -0.4 is 10.5 Å². The number of imidazole rings is 1. The minimum absolute atomic E-state index is 0.432. The van der Waals surface area contributed by atoms with Crippen LogP contribution in [0, 0.1) is 0 Å². The van der Waals surface area contributed by atoms with E-state index in [9.17, 15) is 0 Å². The number of hydrogen-bond donors (Lipinski definition) is 1. The van der Waals surface area contributed by atoms with Crippen molar-refractivity contribution in [3.63, 3.8) is 0 Å². The number of rotatable bonds is 5. The largest absolute Gasteiger partial charge is 0.485 e. The van der Waals surface area contributed by atoms with Crippen LogP contribution in [0.5, 0.6) is 5.75 Å². The number of aromatic nitrogens is 2. The van der Waals surface area contributed by atoms with Crippen LogP contribution in [0.15, 0.2) is 38.9 Å². The van der Waals surface area contributed by atoms with Crippen molar-refractivity contribution in [1.29, 1.82) is 0 Å². The topological polar surface area (TPSA) is 52.5 Å². The molecule has 0 saturated heterocycles. The number of nitrogens with two attached hydrogens (primary N) is 1. The highest BCUT2D eigenvalue weighted by atomic mass is 79.9. The average molecular weight is 431 g/mol. The molecule has 2 N–H and O–H groups in total. The van der Waals surface area contributed by atoms with Crippen molar-refractivity contribution in [2.45, 2.75) is 13.0 Å². The van der Waals surface area contributed by atoms with Crippen LogP contribution in [-0.4, -0.2) is 15.9 Å². The molecule has 3 rings (SSSR count). The quantitative estimate of drug-likeness (QED) is 0.665. The Bertz CT molecular complexity index is 717. The molecule has 0 radical (unpaired) electrons. The lowest BCUT2D eigenvalue weighted by Gasteiger charge is -2.11. The number of hydrogen-bond acceptors (Lipinski definition) is 4. The minimum Gasteiger partial charge on any atom is -0.485 e. The van der Waals surface area contributed by atoms with Crippen molar-refractivity contribution in [3.05, 3.63) is 50.1 Å². The second-order valence-corrected chi connectivity index (χ2v) is 7.12. The molecular weight excluding hydrogens is 418 g/mol. The fourth-order valence-corrected chi connectivity index (χ4v) is 4.28. The molecule has 21 heavy (non-hydrogen) atoms. The van der Waals surface area contributed by atoms with Gasteiger partial charge >= 0.3 is 0 Å². The van der Waals surface area contributed by atoms with Crippen molar-refractivity contribution in [2.75, 3.05) is 6.54 Å². The maximum Gasteiger partial charge on any atom is 0.193 e. The van der Waals surface area contributed by atoms with Crippen LogP contribution >= 0.6 is 43.2 Å². The van der Waals surface area contributed by atoms with Gasteiger partial charge in [-0.2, -0.15) is 0 Å². The third-order valence-corrected chi connectivity index (χ3v) is 4.95. The Morgan fingerprint density at radius 3 is 2.71 bits per heavy atom. The van der Waals surface area contributed by atoms with Gasteiger partial charge in [0.1, 0.15) is 12.4 Å². The molecule has 4 nitrogen and oxygen atoms in total. The van der Waals surface area contributed by atoms with Crippen LogP contribution in [0.1, 0.15) is 11.3 Å². The number of halogens is 2. The number of nitrogens with zero attached hydrogens (tertiary/aromatic N) is 2. The Balaban J connectivity index is 1.76. The first kappa shape index (κ1) is 15.0. The molecule has 3 aromatic rings. The number of thiazole rings is 1. The smallest absolute Gasteiger partial charge is 0.193 e. The lowest BCUT2D eigenvalue weighted by molar-refractivity contribution is 0.298. The zero-order chi connectivity index (χ0) is 14.8. The maximum absolute atomic E-state index is 5.89. The first-order valence-electron chi connectivity index (χ1n) is 6.39.